The van der Waals surface area contributed by atoms with E-state index in [9.17, 15) is 14.7 Å². The van der Waals surface area contributed by atoms with E-state index in [1.165, 1.54) is 70.6 Å². The van der Waals surface area contributed by atoms with Crippen LogP contribution in [0.1, 0.15) is 96.8 Å². The quantitative estimate of drug-likeness (QED) is 0.322. The van der Waals surface area contributed by atoms with Gasteiger partial charge in [-0.05, 0) is 6.42 Å². The first-order chi connectivity index (χ1) is 10.7. The van der Waals surface area contributed by atoms with Crippen molar-refractivity contribution in [3.63, 3.8) is 0 Å². The van der Waals surface area contributed by atoms with Crippen LogP contribution in [-0.2, 0) is 9.59 Å². The van der Waals surface area contributed by atoms with E-state index in [-0.39, 0.29) is 63.8 Å². The minimum absolute atomic E-state index is 0. The number of carbonyl (C=O) groups is 2. The molecule has 130 valence electrons. The van der Waals surface area contributed by atoms with E-state index in [1.807, 2.05) is 0 Å². The molecule has 0 aromatic heterocycles. The number of hydrogen-bond acceptors (Lipinski definition) is 3. The Hall–Kier alpha value is 0.576. The summed E-state index contributed by atoms with van der Waals surface area (Å²) in [5.41, 5.74) is 0. The molecular weight excluding hydrogens is 317 g/mol. The summed E-state index contributed by atoms with van der Waals surface area (Å²) in [6.45, 7) is 1.87. The molecule has 0 fully saturated rings. The Kier molecular flexibility index (Phi) is 23.1. The van der Waals surface area contributed by atoms with Gasteiger partial charge >= 0.3 is 51.4 Å². The van der Waals surface area contributed by atoms with Crippen LogP contribution in [0, 0.1) is 0 Å². The zero-order valence-electron chi connectivity index (χ0n) is 15.3. The van der Waals surface area contributed by atoms with Gasteiger partial charge in [0, 0.05) is 6.42 Å². The van der Waals surface area contributed by atoms with E-state index >= 15 is 0 Å². The summed E-state index contributed by atoms with van der Waals surface area (Å²) >= 11 is 0. The number of unbranched alkanes of at least 4 members (excludes halogenated alkanes) is 12. The van der Waals surface area contributed by atoms with Gasteiger partial charge in [-0.25, -0.2) is 0 Å². The molecule has 1 amide bonds. The number of carbonyl (C=O) groups excluding carboxylic acids is 2. The molecule has 23 heavy (non-hydrogen) atoms. The number of aliphatic carboxylic acids is 1. The second-order valence-corrected chi connectivity index (χ2v) is 6.14. The average Bonchev–Trinajstić information content (AvgIpc) is 2.49. The summed E-state index contributed by atoms with van der Waals surface area (Å²) in [4.78, 5) is 21.4. The Morgan fingerprint density at radius 1 is 0.739 bits per heavy atom. The van der Waals surface area contributed by atoms with Gasteiger partial charge in [0.15, 0.2) is 0 Å². The topological polar surface area (TPSA) is 69.2 Å². The molecule has 0 spiro atoms. The van der Waals surface area contributed by atoms with Crippen LogP contribution in [0.25, 0.3) is 0 Å². The summed E-state index contributed by atoms with van der Waals surface area (Å²) in [5.74, 6) is -1.43. The first-order valence-corrected chi connectivity index (χ1v) is 9.13. The molecule has 0 bridgehead atoms. The summed E-state index contributed by atoms with van der Waals surface area (Å²) in [7, 11) is 0. The van der Waals surface area contributed by atoms with Crippen LogP contribution in [0.4, 0.5) is 0 Å². The predicted octanol–water partition coefficient (Wildman–Crippen LogP) is 0.338. The fourth-order valence-electron chi connectivity index (χ4n) is 2.56. The second kappa shape index (κ2) is 20.6. The normalized spacial score (nSPS) is 10.1. The maximum atomic E-state index is 11.2. The maximum absolute atomic E-state index is 11.2. The Bertz CT molecular complexity index is 285. The van der Waals surface area contributed by atoms with Crippen molar-refractivity contribution in [2.24, 2.45) is 0 Å². The third kappa shape index (κ3) is 22.6. The van der Waals surface area contributed by atoms with E-state index in [1.54, 1.807) is 0 Å². The number of nitrogens with one attached hydrogen (secondary N) is 1. The van der Waals surface area contributed by atoms with Crippen molar-refractivity contribution >= 4 is 11.9 Å². The van der Waals surface area contributed by atoms with Crippen LogP contribution >= 0.6 is 0 Å². The number of hydrogen-bond donors (Lipinski definition) is 1. The van der Waals surface area contributed by atoms with Gasteiger partial charge in [0.05, 0.1) is 12.5 Å². The van der Waals surface area contributed by atoms with Gasteiger partial charge in [-0.3, -0.25) is 4.79 Å². The van der Waals surface area contributed by atoms with Crippen molar-refractivity contribution in [3.8, 4) is 0 Å². The molecular formula is C18H34KNO3. The van der Waals surface area contributed by atoms with Gasteiger partial charge in [-0.15, -0.1) is 0 Å². The van der Waals surface area contributed by atoms with Crippen LogP contribution in [0.3, 0.4) is 0 Å². The molecule has 0 saturated heterocycles. The Morgan fingerprint density at radius 2 is 1.13 bits per heavy atom. The van der Waals surface area contributed by atoms with Crippen molar-refractivity contribution in [1.29, 1.82) is 0 Å². The number of rotatable bonds is 16. The van der Waals surface area contributed by atoms with Crippen molar-refractivity contribution in [2.75, 3.05) is 6.54 Å². The minimum Gasteiger partial charge on any atom is -0.548 e. The van der Waals surface area contributed by atoms with Crippen LogP contribution in [0.5, 0.6) is 0 Å². The van der Waals surface area contributed by atoms with Crippen LogP contribution < -0.4 is 61.8 Å². The van der Waals surface area contributed by atoms with Crippen LogP contribution in [0.15, 0.2) is 0 Å². The average molecular weight is 352 g/mol. The number of carboxylic acids is 1. The monoisotopic (exact) mass is 351 g/mol. The third-order valence-electron chi connectivity index (χ3n) is 3.94. The molecule has 4 nitrogen and oxygen atoms in total. The van der Waals surface area contributed by atoms with Crippen molar-refractivity contribution in [2.45, 2.75) is 96.8 Å². The fraction of sp³-hybridized carbons (Fsp3) is 0.889. The van der Waals surface area contributed by atoms with Crippen molar-refractivity contribution in [1.82, 2.24) is 5.32 Å². The summed E-state index contributed by atoms with van der Waals surface area (Å²) in [6.07, 6.45) is 17.0. The fourth-order valence-corrected chi connectivity index (χ4v) is 2.56. The number of amides is 1. The van der Waals surface area contributed by atoms with Crippen molar-refractivity contribution in [3.05, 3.63) is 0 Å². The molecule has 0 heterocycles. The standard InChI is InChI=1S/C18H35NO3.K/c1-2-3-4-5-6-7-8-9-10-11-12-13-14-15-17(20)19-16-18(21)22;/h2-16H2,1H3,(H,19,20)(H,21,22);/q;+1/p-1. The van der Waals surface area contributed by atoms with Crippen molar-refractivity contribution < 1.29 is 66.1 Å². The molecule has 0 aromatic carbocycles. The molecule has 0 aliphatic heterocycles. The predicted molar refractivity (Wildman–Crippen MR) is 88.3 cm³/mol. The molecule has 5 heteroatoms. The van der Waals surface area contributed by atoms with Gasteiger partial charge < -0.3 is 15.2 Å². The van der Waals surface area contributed by atoms with E-state index in [2.05, 4.69) is 12.2 Å². The summed E-state index contributed by atoms with van der Waals surface area (Å²) in [6, 6.07) is 0. The largest absolute Gasteiger partial charge is 1.00 e. The van der Waals surface area contributed by atoms with E-state index in [0.717, 1.165) is 12.8 Å². The molecule has 0 aliphatic carbocycles. The van der Waals surface area contributed by atoms with E-state index < -0.39 is 5.97 Å². The van der Waals surface area contributed by atoms with Gasteiger partial charge in [-0.2, -0.15) is 0 Å². The molecule has 1 N–H and O–H groups in total. The van der Waals surface area contributed by atoms with E-state index in [4.69, 9.17) is 0 Å². The molecule has 0 saturated carbocycles. The third-order valence-corrected chi connectivity index (χ3v) is 3.94. The van der Waals surface area contributed by atoms with E-state index in [0.29, 0.717) is 6.42 Å². The molecule has 0 aromatic rings. The maximum Gasteiger partial charge on any atom is 1.00 e. The summed E-state index contributed by atoms with van der Waals surface area (Å²) in [5, 5.41) is 12.5. The first kappa shape index (κ1) is 25.8. The molecule has 0 atom stereocenters. The minimum atomic E-state index is -1.24. The SMILES string of the molecule is CCCCCCCCCCCCCCCC(=O)NCC(=O)[O-].[K+]. The molecule has 0 unspecified atom stereocenters. The van der Waals surface area contributed by atoms with Gasteiger partial charge in [0.1, 0.15) is 0 Å². The first-order valence-electron chi connectivity index (χ1n) is 9.13. The smallest absolute Gasteiger partial charge is 0.548 e. The van der Waals surface area contributed by atoms with Gasteiger partial charge in [0.2, 0.25) is 5.91 Å². The van der Waals surface area contributed by atoms with Crippen LogP contribution in [-0.4, -0.2) is 18.4 Å². The van der Waals surface area contributed by atoms with Crippen LogP contribution in [0.2, 0.25) is 0 Å². The molecule has 0 radical (unpaired) electrons. The Morgan fingerprint density at radius 3 is 1.52 bits per heavy atom. The van der Waals surface area contributed by atoms with Gasteiger partial charge in [-0.1, -0.05) is 84.0 Å². The second-order valence-electron chi connectivity index (χ2n) is 6.14. The number of carboxylic acid groups (broad SMARTS) is 1. The Labute approximate surface area is 185 Å². The summed E-state index contributed by atoms with van der Waals surface area (Å²) < 4.78 is 0. The van der Waals surface area contributed by atoms with Gasteiger partial charge in [0.25, 0.3) is 0 Å². The zero-order chi connectivity index (χ0) is 16.5. The zero-order valence-corrected chi connectivity index (χ0v) is 18.5. The Balaban J connectivity index is 0. The molecule has 0 aliphatic rings. The molecule has 0 rings (SSSR count).